The van der Waals surface area contributed by atoms with Gasteiger partial charge in [-0.05, 0) is 68.7 Å². The number of esters is 1. The van der Waals surface area contributed by atoms with Crippen molar-refractivity contribution in [1.29, 1.82) is 0 Å². The number of hydrogen-bond acceptors (Lipinski definition) is 6. The number of ether oxygens (including phenoxy) is 2. The van der Waals surface area contributed by atoms with E-state index in [2.05, 4.69) is 10.6 Å². The maximum Gasteiger partial charge on any atom is 0.338 e. The molecule has 0 atom stereocenters. The highest BCUT2D eigenvalue weighted by molar-refractivity contribution is 5.96. The van der Waals surface area contributed by atoms with Crippen molar-refractivity contribution in [2.75, 3.05) is 33.4 Å². The lowest BCUT2D eigenvalue weighted by molar-refractivity contribution is 0.0160. The Morgan fingerprint density at radius 2 is 1.91 bits per heavy atom. The fourth-order valence-corrected chi connectivity index (χ4v) is 4.76. The third-order valence-corrected chi connectivity index (χ3v) is 6.78. The van der Waals surface area contributed by atoms with Crippen LogP contribution in [-0.2, 0) is 28.9 Å². The number of carbonyl (C=O) groups is 3. The summed E-state index contributed by atoms with van der Waals surface area (Å²) in [5.41, 5.74) is 3.48. The van der Waals surface area contributed by atoms with Crippen molar-refractivity contribution in [2.45, 2.75) is 45.6 Å². The molecule has 2 amide bonds. The highest BCUT2D eigenvalue weighted by Crippen LogP contribution is 2.37. The van der Waals surface area contributed by atoms with Crippen LogP contribution in [0.2, 0.25) is 0 Å². The van der Waals surface area contributed by atoms with Crippen molar-refractivity contribution in [3.05, 3.63) is 52.3 Å². The first-order chi connectivity index (χ1) is 16.5. The average Bonchev–Trinajstić information content (AvgIpc) is 3.15. The summed E-state index contributed by atoms with van der Waals surface area (Å²) >= 11 is 0. The maximum absolute atomic E-state index is 12.9. The molecule has 1 fully saturated rings. The first kappa shape index (κ1) is 23.9. The molecule has 0 saturated carbocycles. The minimum Gasteiger partial charge on any atom is -0.462 e. The minimum atomic E-state index is -0.429. The lowest BCUT2D eigenvalue weighted by Crippen LogP contribution is -2.40. The summed E-state index contributed by atoms with van der Waals surface area (Å²) in [7, 11) is 1.56. The van der Waals surface area contributed by atoms with Gasteiger partial charge >= 0.3 is 5.97 Å². The molecule has 1 aromatic heterocycles. The molecule has 1 saturated heterocycles. The van der Waals surface area contributed by atoms with E-state index in [1.54, 1.807) is 36.0 Å². The van der Waals surface area contributed by atoms with Crippen LogP contribution >= 0.6 is 0 Å². The molecular weight excluding hydrogens is 436 g/mol. The number of aryl methyl sites for hydroxylation is 2. The van der Waals surface area contributed by atoms with E-state index in [9.17, 15) is 14.4 Å². The topological polar surface area (TPSA) is 112 Å². The minimum absolute atomic E-state index is 0.00280. The molecule has 0 bridgehead atoms. The fourth-order valence-electron chi connectivity index (χ4n) is 4.76. The monoisotopic (exact) mass is 468 g/mol. The molecule has 34 heavy (non-hydrogen) atoms. The quantitative estimate of drug-likeness (QED) is 0.476. The van der Waals surface area contributed by atoms with E-state index in [-0.39, 0.29) is 23.8 Å². The Morgan fingerprint density at radius 1 is 1.21 bits per heavy atom. The van der Waals surface area contributed by atoms with Crippen LogP contribution in [0.3, 0.4) is 0 Å². The molecule has 182 valence electrons. The highest BCUT2D eigenvalue weighted by Gasteiger charge is 2.39. The molecule has 2 aliphatic heterocycles. The first-order valence-corrected chi connectivity index (χ1v) is 11.9. The molecule has 0 aliphatic carbocycles. The number of benzene rings is 1. The van der Waals surface area contributed by atoms with Gasteiger partial charge in [0, 0.05) is 44.5 Å². The smallest absolute Gasteiger partial charge is 0.338 e. The lowest BCUT2D eigenvalue weighted by atomic mass is 9.75. The second-order valence-electron chi connectivity index (χ2n) is 8.96. The molecule has 4 rings (SSSR count). The maximum atomic E-state index is 12.9. The van der Waals surface area contributed by atoms with E-state index < -0.39 is 5.97 Å². The Kier molecular flexibility index (Phi) is 7.31. The molecule has 9 nitrogen and oxygen atoms in total. The second-order valence-corrected chi connectivity index (χ2v) is 8.96. The predicted molar refractivity (Wildman–Crippen MR) is 125 cm³/mol. The van der Waals surface area contributed by atoms with Crippen LogP contribution in [0.1, 0.15) is 68.6 Å². The SMILES string of the molecule is CCn1nc(CCCOC(=O)c2ccc(C(=O)NC)cc2)c2c1C(=O)NCC1(CCOCC1)C2. The van der Waals surface area contributed by atoms with Crippen LogP contribution in [0.4, 0.5) is 0 Å². The van der Waals surface area contributed by atoms with Crippen LogP contribution in [0.25, 0.3) is 0 Å². The van der Waals surface area contributed by atoms with Crippen molar-refractivity contribution in [3.8, 4) is 0 Å². The molecule has 3 heterocycles. The molecule has 1 spiro atoms. The van der Waals surface area contributed by atoms with E-state index in [1.807, 2.05) is 6.92 Å². The van der Waals surface area contributed by atoms with Gasteiger partial charge < -0.3 is 20.1 Å². The molecule has 2 aromatic rings. The zero-order chi connectivity index (χ0) is 24.1. The predicted octanol–water partition coefficient (Wildman–Crippen LogP) is 2.13. The lowest BCUT2D eigenvalue weighted by Gasteiger charge is -2.36. The van der Waals surface area contributed by atoms with Crippen LogP contribution in [0.15, 0.2) is 24.3 Å². The Morgan fingerprint density at radius 3 is 2.59 bits per heavy atom. The Labute approximate surface area is 199 Å². The van der Waals surface area contributed by atoms with E-state index >= 15 is 0 Å². The summed E-state index contributed by atoms with van der Waals surface area (Å²) < 4.78 is 12.8. The van der Waals surface area contributed by atoms with Crippen LogP contribution in [-0.4, -0.2) is 61.0 Å². The number of amides is 2. The van der Waals surface area contributed by atoms with Gasteiger partial charge in [-0.2, -0.15) is 5.10 Å². The summed E-state index contributed by atoms with van der Waals surface area (Å²) in [5, 5.41) is 10.4. The normalized spacial score (nSPS) is 16.9. The van der Waals surface area contributed by atoms with Gasteiger partial charge in [-0.15, -0.1) is 0 Å². The number of nitrogens with one attached hydrogen (secondary N) is 2. The number of rotatable bonds is 7. The van der Waals surface area contributed by atoms with Gasteiger partial charge in [0.15, 0.2) is 0 Å². The largest absolute Gasteiger partial charge is 0.462 e. The van der Waals surface area contributed by atoms with E-state index in [0.29, 0.717) is 56.0 Å². The molecule has 9 heteroatoms. The van der Waals surface area contributed by atoms with Gasteiger partial charge in [-0.25, -0.2) is 4.79 Å². The Balaban J connectivity index is 1.40. The Bertz CT molecular complexity index is 1050. The van der Waals surface area contributed by atoms with Crippen LogP contribution in [0, 0.1) is 5.41 Å². The second kappa shape index (κ2) is 10.4. The van der Waals surface area contributed by atoms with E-state index in [1.165, 1.54) is 0 Å². The summed E-state index contributed by atoms with van der Waals surface area (Å²) in [6.07, 6.45) is 3.86. The number of nitrogens with zero attached hydrogens (tertiary/aromatic N) is 2. The van der Waals surface area contributed by atoms with Gasteiger partial charge in [0.1, 0.15) is 5.69 Å². The van der Waals surface area contributed by atoms with Gasteiger partial charge in [0.25, 0.3) is 11.8 Å². The fraction of sp³-hybridized carbons (Fsp3) is 0.520. The zero-order valence-corrected chi connectivity index (χ0v) is 19.8. The molecular formula is C25H32N4O5. The van der Waals surface area contributed by atoms with Crippen molar-refractivity contribution >= 4 is 17.8 Å². The third kappa shape index (κ3) is 4.99. The van der Waals surface area contributed by atoms with Crippen LogP contribution < -0.4 is 10.6 Å². The van der Waals surface area contributed by atoms with E-state index in [4.69, 9.17) is 14.6 Å². The number of fused-ring (bicyclic) bond motifs is 1. The highest BCUT2D eigenvalue weighted by atomic mass is 16.5. The molecule has 2 aliphatic rings. The van der Waals surface area contributed by atoms with Gasteiger partial charge in [-0.1, -0.05) is 0 Å². The Hall–Kier alpha value is -3.20. The molecule has 1 aromatic carbocycles. The van der Waals surface area contributed by atoms with E-state index in [0.717, 1.165) is 30.5 Å². The molecule has 0 unspecified atom stereocenters. The summed E-state index contributed by atoms with van der Waals surface area (Å²) in [6, 6.07) is 6.36. The van der Waals surface area contributed by atoms with Gasteiger partial charge in [0.2, 0.25) is 0 Å². The summed E-state index contributed by atoms with van der Waals surface area (Å²) in [4.78, 5) is 36.9. The number of hydrogen-bond donors (Lipinski definition) is 2. The van der Waals surface area contributed by atoms with Crippen molar-refractivity contribution in [1.82, 2.24) is 20.4 Å². The summed E-state index contributed by atoms with van der Waals surface area (Å²) in [5.74, 6) is -0.700. The van der Waals surface area contributed by atoms with Crippen molar-refractivity contribution in [2.24, 2.45) is 5.41 Å². The van der Waals surface area contributed by atoms with Gasteiger partial charge in [-0.3, -0.25) is 14.3 Å². The first-order valence-electron chi connectivity index (χ1n) is 11.9. The number of aromatic nitrogens is 2. The van der Waals surface area contributed by atoms with Crippen molar-refractivity contribution in [3.63, 3.8) is 0 Å². The summed E-state index contributed by atoms with van der Waals surface area (Å²) in [6.45, 7) is 4.92. The zero-order valence-electron chi connectivity index (χ0n) is 19.8. The van der Waals surface area contributed by atoms with Crippen LogP contribution in [0.5, 0.6) is 0 Å². The molecule has 2 N–H and O–H groups in total. The standard InChI is InChI=1S/C25H32N4O5/c1-3-29-21-19(15-25(16-27-23(21)31)10-13-33-14-11-25)20(28-29)5-4-12-34-24(32)18-8-6-17(7-9-18)22(30)26-2/h6-9H,3-5,10-16H2,1-2H3,(H,26,30)(H,27,31). The third-order valence-electron chi connectivity index (χ3n) is 6.78. The van der Waals surface area contributed by atoms with Gasteiger partial charge in [0.05, 0.1) is 17.9 Å². The average molecular weight is 469 g/mol. The van der Waals surface area contributed by atoms with Crippen molar-refractivity contribution < 1.29 is 23.9 Å². The number of carbonyl (C=O) groups excluding carboxylic acids is 3. The molecule has 0 radical (unpaired) electrons.